The number of hydrogen-bond donors (Lipinski definition) is 2. The fraction of sp³-hybridized carbons (Fsp3) is 0.571. The van der Waals surface area contributed by atoms with Crippen molar-refractivity contribution in [2.75, 3.05) is 6.54 Å². The lowest BCUT2D eigenvalue weighted by Crippen LogP contribution is -2.28. The Kier molecular flexibility index (Phi) is 4.60. The van der Waals surface area contributed by atoms with Crippen LogP contribution in [0.25, 0.3) is 0 Å². The van der Waals surface area contributed by atoms with Crippen LogP contribution in [0.4, 0.5) is 0 Å². The van der Waals surface area contributed by atoms with Crippen LogP contribution in [0.3, 0.4) is 0 Å². The van der Waals surface area contributed by atoms with E-state index in [2.05, 4.69) is 4.72 Å². The zero-order valence-electron chi connectivity index (χ0n) is 11.2. The highest BCUT2D eigenvalue weighted by atomic mass is 32.2. The van der Waals surface area contributed by atoms with Crippen LogP contribution < -0.4 is 4.72 Å². The van der Waals surface area contributed by atoms with Crippen LogP contribution in [0.15, 0.2) is 23.1 Å². The minimum atomic E-state index is -3.46. The van der Waals surface area contributed by atoms with Crippen molar-refractivity contribution >= 4 is 10.0 Å². The molecule has 1 aliphatic rings. The van der Waals surface area contributed by atoms with E-state index in [1.807, 2.05) is 0 Å². The molecular weight excluding hydrogens is 262 g/mol. The van der Waals surface area contributed by atoms with Gasteiger partial charge in [0.2, 0.25) is 10.0 Å². The lowest BCUT2D eigenvalue weighted by molar-refractivity contribution is 0.281. The number of aryl methyl sites for hydroxylation is 1. The second kappa shape index (κ2) is 6.03. The van der Waals surface area contributed by atoms with Crippen LogP contribution in [-0.4, -0.2) is 20.1 Å². The topological polar surface area (TPSA) is 66.4 Å². The van der Waals surface area contributed by atoms with Gasteiger partial charge in [0.1, 0.15) is 0 Å². The highest BCUT2D eigenvalue weighted by molar-refractivity contribution is 7.89. The van der Waals surface area contributed by atoms with Gasteiger partial charge in [-0.2, -0.15) is 0 Å². The number of nitrogens with one attached hydrogen (secondary N) is 1. The minimum absolute atomic E-state index is 0.148. The van der Waals surface area contributed by atoms with Gasteiger partial charge < -0.3 is 5.11 Å². The van der Waals surface area contributed by atoms with E-state index in [-0.39, 0.29) is 11.5 Å². The molecule has 1 aliphatic carbocycles. The number of rotatable bonds is 6. The Balaban J connectivity index is 2.05. The molecule has 106 valence electrons. The van der Waals surface area contributed by atoms with Gasteiger partial charge in [-0.3, -0.25) is 0 Å². The molecule has 0 saturated heterocycles. The molecule has 0 heterocycles. The Hall–Kier alpha value is -0.910. The molecule has 0 atom stereocenters. The van der Waals surface area contributed by atoms with E-state index in [0.29, 0.717) is 23.6 Å². The quantitative estimate of drug-likeness (QED) is 0.838. The molecule has 1 fully saturated rings. The average Bonchev–Trinajstić information content (AvgIpc) is 2.33. The zero-order valence-corrected chi connectivity index (χ0v) is 12.0. The largest absolute Gasteiger partial charge is 0.392 e. The molecule has 5 heteroatoms. The summed E-state index contributed by atoms with van der Waals surface area (Å²) in [6, 6.07) is 5.01. The molecule has 2 N–H and O–H groups in total. The minimum Gasteiger partial charge on any atom is -0.392 e. The summed E-state index contributed by atoms with van der Waals surface area (Å²) in [4.78, 5) is 0.271. The highest BCUT2D eigenvalue weighted by Gasteiger charge is 2.20. The van der Waals surface area contributed by atoms with Gasteiger partial charge in [-0.05, 0) is 36.5 Å². The van der Waals surface area contributed by atoms with Gasteiger partial charge in [0, 0.05) is 6.54 Å². The zero-order chi connectivity index (χ0) is 13.9. The van der Waals surface area contributed by atoms with Gasteiger partial charge in [-0.1, -0.05) is 31.4 Å². The number of aliphatic hydroxyl groups excluding tert-OH is 1. The maximum Gasteiger partial charge on any atom is 0.240 e. The van der Waals surface area contributed by atoms with Crippen molar-refractivity contribution in [1.29, 1.82) is 0 Å². The summed E-state index contributed by atoms with van der Waals surface area (Å²) in [7, 11) is -3.46. The Morgan fingerprint density at radius 3 is 2.68 bits per heavy atom. The number of sulfonamides is 1. The summed E-state index contributed by atoms with van der Waals surface area (Å²) >= 11 is 0. The molecule has 0 aliphatic heterocycles. The molecule has 0 aromatic heterocycles. The Labute approximate surface area is 114 Å². The lowest BCUT2D eigenvalue weighted by atomic mass is 9.83. The molecule has 0 bridgehead atoms. The van der Waals surface area contributed by atoms with E-state index < -0.39 is 10.0 Å². The van der Waals surface area contributed by atoms with Crippen LogP contribution in [0, 0.1) is 12.8 Å². The first kappa shape index (κ1) is 14.5. The van der Waals surface area contributed by atoms with Gasteiger partial charge in [0.05, 0.1) is 11.5 Å². The van der Waals surface area contributed by atoms with E-state index in [1.54, 1.807) is 25.1 Å². The molecule has 0 radical (unpaired) electrons. The van der Waals surface area contributed by atoms with Crippen molar-refractivity contribution in [2.45, 2.75) is 44.1 Å². The molecule has 4 nitrogen and oxygen atoms in total. The maximum atomic E-state index is 12.2. The maximum absolute atomic E-state index is 12.2. The third-order valence-corrected chi connectivity index (χ3v) is 5.40. The first-order chi connectivity index (χ1) is 9.03. The number of hydrogen-bond acceptors (Lipinski definition) is 3. The normalized spacial score (nSPS) is 16.3. The first-order valence-electron chi connectivity index (χ1n) is 6.73. The van der Waals surface area contributed by atoms with Crippen LogP contribution in [0.1, 0.15) is 36.8 Å². The van der Waals surface area contributed by atoms with Gasteiger partial charge >= 0.3 is 0 Å². The summed E-state index contributed by atoms with van der Waals surface area (Å²) in [6.45, 7) is 2.11. The van der Waals surface area contributed by atoms with Crippen LogP contribution in [-0.2, 0) is 16.6 Å². The van der Waals surface area contributed by atoms with Gasteiger partial charge in [0.25, 0.3) is 0 Å². The second-order valence-electron chi connectivity index (χ2n) is 5.24. The monoisotopic (exact) mass is 283 g/mol. The molecule has 0 spiro atoms. The van der Waals surface area contributed by atoms with Gasteiger partial charge in [-0.15, -0.1) is 0 Å². The smallest absolute Gasteiger partial charge is 0.240 e. The standard InChI is InChI=1S/C14H21NO3S/c1-11-5-6-13(10-16)9-14(11)19(17,18)15-8-7-12-3-2-4-12/h5-6,9,12,15-16H,2-4,7-8,10H2,1H3. The Bertz CT molecular complexity index is 536. The fourth-order valence-corrected chi connectivity index (χ4v) is 3.63. The van der Waals surface area contributed by atoms with Crippen molar-refractivity contribution in [3.05, 3.63) is 29.3 Å². The van der Waals surface area contributed by atoms with Crippen LogP contribution >= 0.6 is 0 Å². The molecule has 0 amide bonds. The predicted octanol–water partition coefficient (Wildman–Crippen LogP) is 1.96. The molecule has 2 rings (SSSR count). The Morgan fingerprint density at radius 2 is 2.11 bits per heavy atom. The second-order valence-corrected chi connectivity index (χ2v) is 6.98. The van der Waals surface area contributed by atoms with Crippen LogP contribution in [0.2, 0.25) is 0 Å². The van der Waals surface area contributed by atoms with Crippen molar-refractivity contribution < 1.29 is 13.5 Å². The van der Waals surface area contributed by atoms with Gasteiger partial charge in [0.15, 0.2) is 0 Å². The SMILES string of the molecule is Cc1ccc(CO)cc1S(=O)(=O)NCCC1CCC1. The summed E-state index contributed by atoms with van der Waals surface area (Å²) in [5.74, 6) is 0.688. The van der Waals surface area contributed by atoms with Gasteiger partial charge in [-0.25, -0.2) is 13.1 Å². The predicted molar refractivity (Wildman–Crippen MR) is 74.2 cm³/mol. The third kappa shape index (κ3) is 3.55. The van der Waals surface area contributed by atoms with E-state index in [4.69, 9.17) is 5.11 Å². The Morgan fingerprint density at radius 1 is 1.37 bits per heavy atom. The highest BCUT2D eigenvalue weighted by Crippen LogP contribution is 2.29. The average molecular weight is 283 g/mol. The summed E-state index contributed by atoms with van der Waals surface area (Å²) < 4.78 is 27.1. The van der Waals surface area contributed by atoms with E-state index in [0.717, 1.165) is 6.42 Å². The van der Waals surface area contributed by atoms with Crippen molar-refractivity contribution in [2.24, 2.45) is 5.92 Å². The molecule has 19 heavy (non-hydrogen) atoms. The van der Waals surface area contributed by atoms with E-state index >= 15 is 0 Å². The van der Waals surface area contributed by atoms with E-state index in [9.17, 15) is 8.42 Å². The molecule has 1 aromatic rings. The molecular formula is C14H21NO3S. The number of benzene rings is 1. The van der Waals surface area contributed by atoms with Crippen molar-refractivity contribution in [1.82, 2.24) is 4.72 Å². The summed E-state index contributed by atoms with van der Waals surface area (Å²) in [5, 5.41) is 9.09. The first-order valence-corrected chi connectivity index (χ1v) is 8.21. The molecule has 0 unspecified atom stereocenters. The fourth-order valence-electron chi connectivity index (χ4n) is 2.29. The summed E-state index contributed by atoms with van der Waals surface area (Å²) in [5.41, 5.74) is 1.32. The van der Waals surface area contributed by atoms with Crippen molar-refractivity contribution in [3.8, 4) is 0 Å². The molecule has 1 aromatic carbocycles. The lowest BCUT2D eigenvalue weighted by Gasteiger charge is -2.25. The number of aliphatic hydroxyl groups is 1. The van der Waals surface area contributed by atoms with E-state index in [1.165, 1.54) is 19.3 Å². The van der Waals surface area contributed by atoms with Crippen molar-refractivity contribution in [3.63, 3.8) is 0 Å². The third-order valence-electron chi connectivity index (χ3n) is 3.79. The molecule has 1 saturated carbocycles. The summed E-state index contributed by atoms with van der Waals surface area (Å²) in [6.07, 6.45) is 4.63. The van der Waals surface area contributed by atoms with Crippen LogP contribution in [0.5, 0.6) is 0 Å².